The molecule has 0 bridgehead atoms. The minimum Gasteiger partial charge on any atom is -0.370 e. The highest BCUT2D eigenvalue weighted by atomic mass is 15.3. The summed E-state index contributed by atoms with van der Waals surface area (Å²) in [6.45, 7) is 10.7. The molecule has 1 aliphatic rings. The number of hydrogen-bond donors (Lipinski definition) is 1. The molecule has 3 heteroatoms. The average molecular weight is 211 g/mol. The van der Waals surface area contributed by atoms with Gasteiger partial charge in [-0.3, -0.25) is 0 Å². The molecule has 0 aromatic carbocycles. The molecule has 0 amide bonds. The van der Waals surface area contributed by atoms with Gasteiger partial charge in [0.2, 0.25) is 0 Å². The lowest BCUT2D eigenvalue weighted by atomic mass is 10.0. The van der Waals surface area contributed by atoms with E-state index in [1.165, 1.54) is 19.3 Å². The molecule has 0 radical (unpaired) electrons. The summed E-state index contributed by atoms with van der Waals surface area (Å²) in [5.74, 6) is 1.55. The summed E-state index contributed by atoms with van der Waals surface area (Å²) < 4.78 is 0. The van der Waals surface area contributed by atoms with Gasteiger partial charge in [0.25, 0.3) is 0 Å². The number of nitrogens with two attached hydrogens (primary N) is 1. The SMILES string of the molecule is CC1CCCN(C(N)=NC(C)(C)C)CC1. The normalized spacial score (nSPS) is 25.2. The maximum atomic E-state index is 6.03. The van der Waals surface area contributed by atoms with E-state index in [9.17, 15) is 0 Å². The van der Waals surface area contributed by atoms with E-state index in [0.29, 0.717) is 0 Å². The molecule has 0 aromatic heterocycles. The number of likely N-dealkylation sites (tertiary alicyclic amines) is 1. The van der Waals surface area contributed by atoms with Gasteiger partial charge in [0.1, 0.15) is 0 Å². The van der Waals surface area contributed by atoms with Gasteiger partial charge in [0.05, 0.1) is 5.54 Å². The second-order valence-electron chi connectivity index (χ2n) is 5.66. The molecule has 1 aliphatic heterocycles. The van der Waals surface area contributed by atoms with Gasteiger partial charge in [0, 0.05) is 13.1 Å². The lowest BCUT2D eigenvalue weighted by Gasteiger charge is -2.24. The van der Waals surface area contributed by atoms with E-state index in [-0.39, 0.29) is 5.54 Å². The van der Waals surface area contributed by atoms with Gasteiger partial charge in [-0.1, -0.05) is 6.92 Å². The van der Waals surface area contributed by atoms with Crippen LogP contribution in [0.5, 0.6) is 0 Å². The van der Waals surface area contributed by atoms with Gasteiger partial charge >= 0.3 is 0 Å². The van der Waals surface area contributed by atoms with E-state index in [1.807, 2.05) is 0 Å². The van der Waals surface area contributed by atoms with Crippen molar-refractivity contribution in [1.82, 2.24) is 4.90 Å². The fourth-order valence-corrected chi connectivity index (χ4v) is 1.91. The summed E-state index contributed by atoms with van der Waals surface area (Å²) >= 11 is 0. The van der Waals surface area contributed by atoms with E-state index >= 15 is 0 Å². The van der Waals surface area contributed by atoms with Crippen molar-refractivity contribution in [3.8, 4) is 0 Å². The van der Waals surface area contributed by atoms with Crippen LogP contribution in [0.15, 0.2) is 4.99 Å². The van der Waals surface area contributed by atoms with Crippen LogP contribution >= 0.6 is 0 Å². The Kier molecular flexibility index (Phi) is 4.00. The second-order valence-corrected chi connectivity index (χ2v) is 5.66. The molecule has 2 N–H and O–H groups in total. The van der Waals surface area contributed by atoms with Crippen LogP contribution in [0, 0.1) is 5.92 Å². The largest absolute Gasteiger partial charge is 0.370 e. The van der Waals surface area contributed by atoms with E-state index in [1.54, 1.807) is 0 Å². The summed E-state index contributed by atoms with van der Waals surface area (Å²) in [7, 11) is 0. The zero-order valence-corrected chi connectivity index (χ0v) is 10.6. The molecule has 0 aliphatic carbocycles. The first-order chi connectivity index (χ1) is 6.88. The molecule has 1 heterocycles. The fraction of sp³-hybridized carbons (Fsp3) is 0.917. The molecule has 1 atom stereocenters. The van der Waals surface area contributed by atoms with Crippen LogP contribution < -0.4 is 5.73 Å². The van der Waals surface area contributed by atoms with Crippen LogP contribution in [0.4, 0.5) is 0 Å². The van der Waals surface area contributed by atoms with Crippen molar-refractivity contribution in [2.75, 3.05) is 13.1 Å². The third kappa shape index (κ3) is 4.54. The second kappa shape index (κ2) is 4.86. The topological polar surface area (TPSA) is 41.6 Å². The Morgan fingerprint density at radius 2 is 1.93 bits per heavy atom. The molecule has 1 fully saturated rings. The summed E-state index contributed by atoms with van der Waals surface area (Å²) in [5, 5.41) is 0. The van der Waals surface area contributed by atoms with Gasteiger partial charge in [-0.25, -0.2) is 4.99 Å². The van der Waals surface area contributed by atoms with Crippen molar-refractivity contribution in [2.24, 2.45) is 16.6 Å². The Morgan fingerprint density at radius 3 is 2.53 bits per heavy atom. The number of rotatable bonds is 0. The Bertz CT molecular complexity index is 228. The Labute approximate surface area is 93.7 Å². The molecule has 1 saturated heterocycles. The van der Waals surface area contributed by atoms with Crippen molar-refractivity contribution < 1.29 is 0 Å². The number of hydrogen-bond acceptors (Lipinski definition) is 1. The first-order valence-electron chi connectivity index (χ1n) is 5.99. The molecular weight excluding hydrogens is 186 g/mol. The quantitative estimate of drug-likeness (QED) is 0.493. The minimum atomic E-state index is -0.0675. The summed E-state index contributed by atoms with van der Waals surface area (Å²) in [6.07, 6.45) is 3.79. The van der Waals surface area contributed by atoms with Gasteiger partial charge in [-0.15, -0.1) is 0 Å². The smallest absolute Gasteiger partial charge is 0.191 e. The van der Waals surface area contributed by atoms with E-state index < -0.39 is 0 Å². The number of nitrogens with zero attached hydrogens (tertiary/aromatic N) is 2. The molecule has 0 spiro atoms. The molecule has 88 valence electrons. The van der Waals surface area contributed by atoms with Gasteiger partial charge in [-0.05, 0) is 46.0 Å². The monoisotopic (exact) mass is 211 g/mol. The molecule has 0 aromatic rings. The molecular formula is C12H25N3. The van der Waals surface area contributed by atoms with Crippen LogP contribution in [0.25, 0.3) is 0 Å². The van der Waals surface area contributed by atoms with Crippen molar-refractivity contribution >= 4 is 5.96 Å². The summed E-state index contributed by atoms with van der Waals surface area (Å²) in [4.78, 5) is 6.75. The Balaban J connectivity index is 2.59. The molecule has 0 saturated carbocycles. The predicted octanol–water partition coefficient (Wildman–Crippen LogP) is 2.22. The predicted molar refractivity (Wildman–Crippen MR) is 66.0 cm³/mol. The third-order valence-electron chi connectivity index (χ3n) is 2.79. The molecule has 1 rings (SSSR count). The van der Waals surface area contributed by atoms with E-state index in [0.717, 1.165) is 25.0 Å². The highest BCUT2D eigenvalue weighted by Gasteiger charge is 2.17. The van der Waals surface area contributed by atoms with Gasteiger partial charge < -0.3 is 10.6 Å². The zero-order valence-electron chi connectivity index (χ0n) is 10.6. The first kappa shape index (κ1) is 12.3. The highest BCUT2D eigenvalue weighted by Crippen LogP contribution is 2.17. The maximum absolute atomic E-state index is 6.03. The lowest BCUT2D eigenvalue weighted by molar-refractivity contribution is 0.411. The zero-order chi connectivity index (χ0) is 11.5. The van der Waals surface area contributed by atoms with Gasteiger partial charge in [-0.2, -0.15) is 0 Å². The summed E-state index contributed by atoms with van der Waals surface area (Å²) in [5.41, 5.74) is 5.96. The lowest BCUT2D eigenvalue weighted by Crippen LogP contribution is -2.39. The van der Waals surface area contributed by atoms with Gasteiger partial charge in [0.15, 0.2) is 5.96 Å². The minimum absolute atomic E-state index is 0.0675. The van der Waals surface area contributed by atoms with Crippen LogP contribution in [0.3, 0.4) is 0 Å². The fourth-order valence-electron chi connectivity index (χ4n) is 1.91. The van der Waals surface area contributed by atoms with Crippen LogP contribution in [-0.4, -0.2) is 29.5 Å². The van der Waals surface area contributed by atoms with Crippen molar-refractivity contribution in [1.29, 1.82) is 0 Å². The van der Waals surface area contributed by atoms with Crippen molar-refractivity contribution in [3.05, 3.63) is 0 Å². The highest BCUT2D eigenvalue weighted by molar-refractivity contribution is 5.78. The third-order valence-corrected chi connectivity index (χ3v) is 2.79. The summed E-state index contributed by atoms with van der Waals surface area (Å²) in [6, 6.07) is 0. The standard InChI is InChI=1S/C12H25N3/c1-10-6-5-8-15(9-7-10)11(13)14-12(2,3)4/h10H,5-9H2,1-4H3,(H2,13,14). The Hall–Kier alpha value is -0.730. The molecule has 1 unspecified atom stereocenters. The van der Waals surface area contributed by atoms with Crippen molar-refractivity contribution in [3.63, 3.8) is 0 Å². The molecule has 3 nitrogen and oxygen atoms in total. The number of guanidine groups is 1. The van der Waals surface area contributed by atoms with Crippen LogP contribution in [0.2, 0.25) is 0 Å². The number of aliphatic imine (C=N–C) groups is 1. The van der Waals surface area contributed by atoms with Crippen LogP contribution in [0.1, 0.15) is 47.0 Å². The first-order valence-corrected chi connectivity index (χ1v) is 5.99. The maximum Gasteiger partial charge on any atom is 0.191 e. The molecule has 15 heavy (non-hydrogen) atoms. The van der Waals surface area contributed by atoms with Crippen molar-refractivity contribution in [2.45, 2.75) is 52.5 Å². The van der Waals surface area contributed by atoms with E-state index in [4.69, 9.17) is 5.73 Å². The van der Waals surface area contributed by atoms with Crippen LogP contribution in [-0.2, 0) is 0 Å². The average Bonchev–Trinajstić information content (AvgIpc) is 2.26. The Morgan fingerprint density at radius 1 is 1.27 bits per heavy atom. The van der Waals surface area contributed by atoms with E-state index in [2.05, 4.69) is 37.6 Å².